The van der Waals surface area contributed by atoms with Crippen molar-refractivity contribution in [2.45, 2.75) is 53.1 Å². The topological polar surface area (TPSA) is 101 Å². The number of benzene rings is 2. The molecule has 0 N–H and O–H groups in total. The molecule has 10 heteroatoms. The molecule has 3 aromatic rings. The summed E-state index contributed by atoms with van der Waals surface area (Å²) < 4.78 is 21.5. The van der Waals surface area contributed by atoms with Crippen LogP contribution in [-0.4, -0.2) is 42.7 Å². The molecule has 0 aliphatic carbocycles. The van der Waals surface area contributed by atoms with Crippen LogP contribution in [0.4, 0.5) is 0 Å². The normalized spacial score (nSPS) is 12.4. The molecule has 0 fully saturated rings. The van der Waals surface area contributed by atoms with Crippen molar-refractivity contribution in [1.82, 2.24) is 4.98 Å². The minimum absolute atomic E-state index is 0.0199. The SMILES string of the molecule is COc1ccnc(C(=O)C[C@@H](C)C(=O)O[C@@H](C)C(c2ccc(Cl)c(C)c2)c2ccc(Cl)c(C)c2)c1OCOC(C)=O. The number of halogens is 2. The van der Waals surface area contributed by atoms with Crippen LogP contribution in [0.15, 0.2) is 48.7 Å². The number of nitrogens with zero attached hydrogens (tertiary/aromatic N) is 1. The molecule has 2 atom stereocenters. The number of hydrogen-bond donors (Lipinski definition) is 0. The highest BCUT2D eigenvalue weighted by atomic mass is 35.5. The van der Waals surface area contributed by atoms with Gasteiger partial charge in [-0.15, -0.1) is 0 Å². The van der Waals surface area contributed by atoms with Crippen LogP contribution < -0.4 is 9.47 Å². The molecule has 1 heterocycles. The maximum absolute atomic E-state index is 13.2. The van der Waals surface area contributed by atoms with Crippen molar-refractivity contribution >= 4 is 40.9 Å². The number of Topliss-reactive ketones (excluding diaryl/α,β-unsaturated/α-hetero) is 1. The van der Waals surface area contributed by atoms with Crippen molar-refractivity contribution in [3.8, 4) is 11.5 Å². The Kier molecular flexibility index (Phi) is 11.1. The Morgan fingerprint density at radius 1 is 0.927 bits per heavy atom. The largest absolute Gasteiger partial charge is 0.493 e. The average molecular weight is 603 g/mol. The lowest BCUT2D eigenvalue weighted by atomic mass is 9.85. The van der Waals surface area contributed by atoms with E-state index in [4.69, 9.17) is 42.1 Å². The third kappa shape index (κ3) is 8.21. The fourth-order valence-electron chi connectivity index (χ4n) is 4.38. The lowest BCUT2D eigenvalue weighted by molar-refractivity contribution is -0.153. The number of rotatable bonds is 12. The summed E-state index contributed by atoms with van der Waals surface area (Å²) >= 11 is 12.6. The third-order valence-electron chi connectivity index (χ3n) is 6.57. The number of aromatic nitrogens is 1. The molecule has 0 unspecified atom stereocenters. The minimum Gasteiger partial charge on any atom is -0.493 e. The van der Waals surface area contributed by atoms with E-state index in [1.54, 1.807) is 6.92 Å². The van der Waals surface area contributed by atoms with Gasteiger partial charge in [0.2, 0.25) is 6.79 Å². The quantitative estimate of drug-likeness (QED) is 0.126. The molecule has 3 rings (SSSR count). The number of esters is 2. The van der Waals surface area contributed by atoms with Gasteiger partial charge < -0.3 is 18.9 Å². The van der Waals surface area contributed by atoms with Gasteiger partial charge in [-0.3, -0.25) is 14.4 Å². The average Bonchev–Trinajstić information content (AvgIpc) is 2.92. The van der Waals surface area contributed by atoms with Crippen molar-refractivity contribution in [3.63, 3.8) is 0 Å². The first-order valence-corrected chi connectivity index (χ1v) is 13.7. The first-order valence-electron chi connectivity index (χ1n) is 13.0. The van der Waals surface area contributed by atoms with Crippen LogP contribution in [0.3, 0.4) is 0 Å². The number of ketones is 1. The van der Waals surface area contributed by atoms with Crippen LogP contribution in [0.25, 0.3) is 0 Å². The van der Waals surface area contributed by atoms with E-state index < -0.39 is 36.5 Å². The number of hydrogen-bond acceptors (Lipinski definition) is 8. The molecule has 1 aromatic heterocycles. The number of carbonyl (C=O) groups excluding carboxylic acids is 3. The fraction of sp³-hybridized carbons (Fsp3) is 0.355. The highest BCUT2D eigenvalue weighted by molar-refractivity contribution is 6.31. The summed E-state index contributed by atoms with van der Waals surface area (Å²) in [4.78, 5) is 41.7. The maximum atomic E-state index is 13.2. The molecular weight excluding hydrogens is 569 g/mol. The van der Waals surface area contributed by atoms with E-state index in [-0.39, 0.29) is 29.5 Å². The summed E-state index contributed by atoms with van der Waals surface area (Å²) in [6.07, 6.45) is 0.613. The summed E-state index contributed by atoms with van der Waals surface area (Å²) in [6.45, 7) is 8.06. The second-order valence-corrected chi connectivity index (χ2v) is 10.6. The summed E-state index contributed by atoms with van der Waals surface area (Å²) in [5.41, 5.74) is 3.60. The number of aryl methyl sites for hydroxylation is 2. The minimum atomic E-state index is -0.793. The second-order valence-electron chi connectivity index (χ2n) is 9.75. The van der Waals surface area contributed by atoms with E-state index in [1.165, 1.54) is 26.3 Å². The van der Waals surface area contributed by atoms with E-state index in [9.17, 15) is 14.4 Å². The number of pyridine rings is 1. The molecule has 0 aliphatic rings. The Morgan fingerprint density at radius 2 is 1.51 bits per heavy atom. The fourth-order valence-corrected chi connectivity index (χ4v) is 4.62. The molecule has 41 heavy (non-hydrogen) atoms. The summed E-state index contributed by atoms with van der Waals surface area (Å²) in [5.74, 6) is -2.40. The zero-order valence-corrected chi connectivity index (χ0v) is 25.3. The second kappa shape index (κ2) is 14.3. The molecule has 218 valence electrons. The smallest absolute Gasteiger partial charge is 0.309 e. The molecular formula is C31H33Cl2NO7. The summed E-state index contributed by atoms with van der Waals surface area (Å²) in [5, 5.41) is 1.28. The Morgan fingerprint density at radius 3 is 2.02 bits per heavy atom. The Labute approximate surface area is 249 Å². The van der Waals surface area contributed by atoms with Crippen LogP contribution in [0.1, 0.15) is 65.9 Å². The molecule has 0 radical (unpaired) electrons. The zero-order valence-electron chi connectivity index (χ0n) is 23.8. The van der Waals surface area contributed by atoms with Gasteiger partial charge in [0, 0.05) is 41.6 Å². The first-order chi connectivity index (χ1) is 19.4. The Bertz CT molecular complexity index is 1370. The maximum Gasteiger partial charge on any atom is 0.309 e. The van der Waals surface area contributed by atoms with Crippen molar-refractivity contribution < 1.29 is 33.3 Å². The van der Waals surface area contributed by atoms with E-state index in [0.717, 1.165) is 22.3 Å². The van der Waals surface area contributed by atoms with Crippen molar-refractivity contribution in [2.75, 3.05) is 13.9 Å². The number of carbonyl (C=O) groups is 3. The lowest BCUT2D eigenvalue weighted by Crippen LogP contribution is -2.28. The van der Waals surface area contributed by atoms with E-state index in [0.29, 0.717) is 10.0 Å². The Hall–Kier alpha value is -3.62. The van der Waals surface area contributed by atoms with Crippen molar-refractivity contribution in [3.05, 3.63) is 86.7 Å². The van der Waals surface area contributed by atoms with E-state index in [1.807, 2.05) is 57.2 Å². The van der Waals surface area contributed by atoms with Gasteiger partial charge in [0.05, 0.1) is 13.0 Å². The van der Waals surface area contributed by atoms with Gasteiger partial charge in [0.1, 0.15) is 6.10 Å². The molecule has 0 aliphatic heterocycles. The van der Waals surface area contributed by atoms with Crippen molar-refractivity contribution in [2.24, 2.45) is 5.92 Å². The van der Waals surface area contributed by atoms with Gasteiger partial charge in [-0.1, -0.05) is 54.4 Å². The highest BCUT2D eigenvalue weighted by Gasteiger charge is 2.30. The van der Waals surface area contributed by atoms with Gasteiger partial charge in [-0.05, 0) is 55.2 Å². The lowest BCUT2D eigenvalue weighted by Gasteiger charge is -2.27. The standard InChI is InChI=1S/C31H33Cl2NO7/c1-17-13-22(7-9-24(17)32)28(23-8-10-25(33)18(2)14-23)20(4)41-31(37)19(3)15-26(36)29-30(40-16-39-21(5)35)27(38-6)11-12-34-29/h7-14,19-20,28H,15-16H2,1-6H3/t19-,20+/m1/s1. The molecule has 0 spiro atoms. The zero-order chi connectivity index (χ0) is 30.3. The summed E-state index contributed by atoms with van der Waals surface area (Å²) in [6, 6.07) is 12.9. The Balaban J connectivity index is 1.80. The third-order valence-corrected chi connectivity index (χ3v) is 7.41. The van der Waals surface area contributed by atoms with E-state index in [2.05, 4.69) is 4.98 Å². The molecule has 0 saturated heterocycles. The predicted molar refractivity (Wildman–Crippen MR) is 156 cm³/mol. The van der Waals surface area contributed by atoms with E-state index >= 15 is 0 Å². The number of ether oxygens (including phenoxy) is 4. The van der Waals surface area contributed by atoms with Crippen LogP contribution >= 0.6 is 23.2 Å². The van der Waals surface area contributed by atoms with Gasteiger partial charge in [0.25, 0.3) is 0 Å². The molecule has 0 amide bonds. The van der Waals surface area contributed by atoms with Crippen LogP contribution in [0, 0.1) is 19.8 Å². The van der Waals surface area contributed by atoms with Gasteiger partial charge in [-0.2, -0.15) is 0 Å². The summed E-state index contributed by atoms with van der Waals surface area (Å²) in [7, 11) is 1.41. The van der Waals surface area contributed by atoms with Crippen LogP contribution in [0.5, 0.6) is 11.5 Å². The monoisotopic (exact) mass is 601 g/mol. The molecule has 2 aromatic carbocycles. The predicted octanol–water partition coefficient (Wildman–Crippen LogP) is 6.89. The number of methoxy groups -OCH3 is 1. The highest BCUT2D eigenvalue weighted by Crippen LogP contribution is 2.35. The van der Waals surface area contributed by atoms with Gasteiger partial charge >= 0.3 is 11.9 Å². The van der Waals surface area contributed by atoms with Crippen LogP contribution in [-0.2, 0) is 19.1 Å². The molecule has 0 bridgehead atoms. The first kappa shape index (κ1) is 31.9. The molecule has 0 saturated carbocycles. The van der Waals surface area contributed by atoms with Crippen LogP contribution in [0.2, 0.25) is 10.0 Å². The van der Waals surface area contributed by atoms with Gasteiger partial charge in [-0.25, -0.2) is 4.98 Å². The van der Waals surface area contributed by atoms with Crippen molar-refractivity contribution in [1.29, 1.82) is 0 Å². The molecule has 8 nitrogen and oxygen atoms in total. The van der Waals surface area contributed by atoms with Gasteiger partial charge in [0.15, 0.2) is 23.0 Å².